The van der Waals surface area contributed by atoms with E-state index in [0.29, 0.717) is 5.69 Å². The Bertz CT molecular complexity index is 1000. The zero-order valence-electron chi connectivity index (χ0n) is 17.3. The van der Waals surface area contributed by atoms with Crippen molar-refractivity contribution in [1.82, 2.24) is 5.01 Å². The topological polar surface area (TPSA) is 49.9 Å². The van der Waals surface area contributed by atoms with E-state index < -0.39 is 11.7 Å². The Labute approximate surface area is 171 Å². The lowest BCUT2D eigenvalue weighted by Crippen LogP contribution is -2.50. The minimum absolute atomic E-state index is 0.249. The molecule has 2 amide bonds. The van der Waals surface area contributed by atoms with E-state index in [9.17, 15) is 9.59 Å². The number of carbonyl (C=O) groups is 2. The van der Waals surface area contributed by atoms with Gasteiger partial charge in [-0.15, -0.1) is 0 Å². The number of carbonyl (C=O) groups excluding carboxylic acids is 2. The number of rotatable bonds is 3. The summed E-state index contributed by atoms with van der Waals surface area (Å²) in [5, 5.41) is 4.61. The van der Waals surface area contributed by atoms with Gasteiger partial charge in [0.25, 0.3) is 0 Å². The first-order valence-electron chi connectivity index (χ1n) is 9.59. The molecule has 5 nitrogen and oxygen atoms in total. The largest absolute Gasteiger partial charge is 0.442 e. The molecule has 0 aliphatic heterocycles. The van der Waals surface area contributed by atoms with Crippen molar-refractivity contribution in [2.45, 2.75) is 39.8 Å². The molecule has 0 aliphatic rings. The van der Waals surface area contributed by atoms with Crippen LogP contribution in [0.15, 0.2) is 72.8 Å². The molecule has 0 radical (unpaired) electrons. The van der Waals surface area contributed by atoms with Gasteiger partial charge >= 0.3 is 6.09 Å². The summed E-state index contributed by atoms with van der Waals surface area (Å²) in [6.45, 7) is 7.12. The monoisotopic (exact) mass is 390 g/mol. The van der Waals surface area contributed by atoms with Gasteiger partial charge in [-0.3, -0.25) is 4.79 Å². The van der Waals surface area contributed by atoms with Crippen LogP contribution in [0.1, 0.15) is 33.3 Å². The molecule has 0 aliphatic carbocycles. The third-order valence-electron chi connectivity index (χ3n) is 4.34. The third-order valence-corrected chi connectivity index (χ3v) is 4.34. The van der Waals surface area contributed by atoms with Crippen molar-refractivity contribution < 1.29 is 14.3 Å². The minimum atomic E-state index is -0.699. The second-order valence-corrected chi connectivity index (χ2v) is 7.85. The molecule has 0 saturated carbocycles. The van der Waals surface area contributed by atoms with Crippen molar-refractivity contribution in [2.75, 3.05) is 5.01 Å². The van der Waals surface area contributed by atoms with Crippen LogP contribution in [-0.2, 0) is 16.1 Å². The number of anilines is 1. The predicted octanol–water partition coefficient (Wildman–Crippen LogP) is 5.55. The van der Waals surface area contributed by atoms with Gasteiger partial charge in [0.05, 0.1) is 12.2 Å². The zero-order chi connectivity index (χ0) is 21.0. The van der Waals surface area contributed by atoms with E-state index in [0.717, 1.165) is 16.3 Å². The van der Waals surface area contributed by atoms with Crippen LogP contribution in [0.3, 0.4) is 0 Å². The highest BCUT2D eigenvalue weighted by molar-refractivity contribution is 6.02. The zero-order valence-corrected chi connectivity index (χ0v) is 17.3. The number of hydrogen-bond acceptors (Lipinski definition) is 3. The summed E-state index contributed by atoms with van der Waals surface area (Å²) in [5.41, 5.74) is 0.815. The first kappa shape index (κ1) is 20.4. The molecule has 150 valence electrons. The molecule has 0 bridgehead atoms. The van der Waals surface area contributed by atoms with Crippen molar-refractivity contribution in [3.05, 3.63) is 78.4 Å². The van der Waals surface area contributed by atoms with Gasteiger partial charge in [0.1, 0.15) is 5.60 Å². The van der Waals surface area contributed by atoms with E-state index in [4.69, 9.17) is 4.74 Å². The SMILES string of the molecule is CC(=O)N(Cc1ccccc1)N(C(=O)OC(C)(C)C)c1cccc2ccccc12. The number of fused-ring (bicyclic) bond motifs is 1. The van der Waals surface area contributed by atoms with Crippen LogP contribution in [0.5, 0.6) is 0 Å². The molecular weight excluding hydrogens is 364 g/mol. The molecule has 0 N–H and O–H groups in total. The summed E-state index contributed by atoms with van der Waals surface area (Å²) in [6, 6.07) is 23.0. The normalized spacial score (nSPS) is 11.2. The Kier molecular flexibility index (Phi) is 5.87. The van der Waals surface area contributed by atoms with Gasteiger partial charge in [0.15, 0.2) is 0 Å². The summed E-state index contributed by atoms with van der Waals surface area (Å²) in [6.07, 6.45) is -0.597. The highest BCUT2D eigenvalue weighted by atomic mass is 16.6. The van der Waals surface area contributed by atoms with Crippen LogP contribution < -0.4 is 5.01 Å². The molecule has 3 aromatic rings. The van der Waals surface area contributed by atoms with Gasteiger partial charge in [-0.2, -0.15) is 5.01 Å². The predicted molar refractivity (Wildman–Crippen MR) is 115 cm³/mol. The first-order valence-corrected chi connectivity index (χ1v) is 9.59. The second-order valence-electron chi connectivity index (χ2n) is 7.85. The number of benzene rings is 3. The maximum Gasteiger partial charge on any atom is 0.434 e. The van der Waals surface area contributed by atoms with E-state index in [-0.39, 0.29) is 12.5 Å². The minimum Gasteiger partial charge on any atom is -0.442 e. The molecule has 0 atom stereocenters. The molecule has 0 heterocycles. The van der Waals surface area contributed by atoms with Crippen LogP contribution in [0.4, 0.5) is 10.5 Å². The standard InChI is InChI=1S/C24H26N2O3/c1-18(27)25(17-19-11-6-5-7-12-19)26(23(28)29-24(2,3)4)22-16-10-14-20-13-8-9-15-21(20)22/h5-16H,17H2,1-4H3. The van der Waals surface area contributed by atoms with E-state index >= 15 is 0 Å². The van der Waals surface area contributed by atoms with Gasteiger partial charge < -0.3 is 4.74 Å². The van der Waals surface area contributed by atoms with Gasteiger partial charge in [0, 0.05) is 12.3 Å². The second kappa shape index (κ2) is 8.35. The van der Waals surface area contributed by atoms with E-state index in [1.807, 2.05) is 93.6 Å². The van der Waals surface area contributed by atoms with Crippen LogP contribution in [0.25, 0.3) is 10.8 Å². The lowest BCUT2D eigenvalue weighted by Gasteiger charge is -2.36. The number of ether oxygens (including phenoxy) is 1. The maximum atomic E-state index is 13.2. The van der Waals surface area contributed by atoms with Crippen molar-refractivity contribution in [2.24, 2.45) is 0 Å². The van der Waals surface area contributed by atoms with Crippen LogP contribution in [0, 0.1) is 0 Å². The molecule has 0 aromatic heterocycles. The van der Waals surface area contributed by atoms with Crippen molar-refractivity contribution in [3.63, 3.8) is 0 Å². The summed E-state index contributed by atoms with van der Waals surface area (Å²) in [4.78, 5) is 25.9. The van der Waals surface area contributed by atoms with Crippen LogP contribution >= 0.6 is 0 Å². The summed E-state index contributed by atoms with van der Waals surface area (Å²) in [5.74, 6) is -0.257. The summed E-state index contributed by atoms with van der Waals surface area (Å²) < 4.78 is 5.67. The molecule has 3 rings (SSSR count). The molecule has 0 unspecified atom stereocenters. The smallest absolute Gasteiger partial charge is 0.434 e. The average Bonchev–Trinajstić information content (AvgIpc) is 2.67. The fourth-order valence-electron chi connectivity index (χ4n) is 3.10. The lowest BCUT2D eigenvalue weighted by molar-refractivity contribution is -0.130. The van der Waals surface area contributed by atoms with Gasteiger partial charge in [0.2, 0.25) is 5.91 Å². The summed E-state index contributed by atoms with van der Waals surface area (Å²) >= 11 is 0. The molecule has 3 aromatic carbocycles. The Morgan fingerprint density at radius 3 is 2.14 bits per heavy atom. The van der Waals surface area contributed by atoms with Crippen molar-refractivity contribution in [3.8, 4) is 0 Å². The van der Waals surface area contributed by atoms with Crippen molar-refractivity contribution >= 4 is 28.5 Å². The van der Waals surface area contributed by atoms with Crippen molar-refractivity contribution in [1.29, 1.82) is 0 Å². The molecule has 0 spiro atoms. The van der Waals surface area contributed by atoms with E-state index in [2.05, 4.69) is 0 Å². The van der Waals surface area contributed by atoms with Gasteiger partial charge in [-0.1, -0.05) is 66.7 Å². The highest BCUT2D eigenvalue weighted by Gasteiger charge is 2.31. The Morgan fingerprint density at radius 2 is 1.48 bits per heavy atom. The molecule has 5 heteroatoms. The quantitative estimate of drug-likeness (QED) is 0.551. The fourth-order valence-corrected chi connectivity index (χ4v) is 3.10. The Morgan fingerprint density at radius 1 is 0.862 bits per heavy atom. The number of amides is 2. The van der Waals surface area contributed by atoms with E-state index in [1.165, 1.54) is 16.9 Å². The number of nitrogens with zero attached hydrogens (tertiary/aromatic N) is 2. The molecular formula is C24H26N2O3. The molecule has 0 saturated heterocycles. The molecule has 29 heavy (non-hydrogen) atoms. The van der Waals surface area contributed by atoms with Crippen LogP contribution in [-0.4, -0.2) is 22.6 Å². The highest BCUT2D eigenvalue weighted by Crippen LogP contribution is 2.30. The summed E-state index contributed by atoms with van der Waals surface area (Å²) in [7, 11) is 0. The van der Waals surface area contributed by atoms with Gasteiger partial charge in [-0.25, -0.2) is 9.80 Å². The Hall–Kier alpha value is -3.34. The number of hydrazine groups is 1. The lowest BCUT2D eigenvalue weighted by atomic mass is 10.1. The number of hydrogen-bond donors (Lipinski definition) is 0. The molecule has 0 fully saturated rings. The maximum absolute atomic E-state index is 13.2. The van der Waals surface area contributed by atoms with Gasteiger partial charge in [-0.05, 0) is 37.8 Å². The third kappa shape index (κ3) is 4.93. The van der Waals surface area contributed by atoms with Crippen LogP contribution in [0.2, 0.25) is 0 Å². The average molecular weight is 390 g/mol. The Balaban J connectivity index is 2.13. The fraction of sp³-hybridized carbons (Fsp3) is 0.250. The first-order chi connectivity index (χ1) is 13.8. The van der Waals surface area contributed by atoms with E-state index in [1.54, 1.807) is 0 Å².